The SMILES string of the molecule is C=CCOc1c(Cl)cc(/C=C2\SC(=O)N([C@H](C)C(=O)OCC)C2=O)cc1OCC. The Bertz CT molecular complexity index is 854. The summed E-state index contributed by atoms with van der Waals surface area (Å²) in [5, 5.41) is -0.243. The van der Waals surface area contributed by atoms with Crippen LogP contribution in [0.2, 0.25) is 5.02 Å². The predicted molar refractivity (Wildman–Crippen MR) is 112 cm³/mol. The molecule has 2 rings (SSSR count). The van der Waals surface area contributed by atoms with E-state index in [0.29, 0.717) is 28.7 Å². The van der Waals surface area contributed by atoms with Gasteiger partial charge in [-0.3, -0.25) is 14.5 Å². The highest BCUT2D eigenvalue weighted by atomic mass is 35.5. The molecular formula is C20H22ClNO6S. The van der Waals surface area contributed by atoms with Gasteiger partial charge in [-0.1, -0.05) is 24.3 Å². The molecule has 0 spiro atoms. The molecular weight excluding hydrogens is 418 g/mol. The first-order chi connectivity index (χ1) is 13.8. The number of benzene rings is 1. The lowest BCUT2D eigenvalue weighted by molar-refractivity contribution is -0.150. The van der Waals surface area contributed by atoms with Crippen molar-refractivity contribution in [1.29, 1.82) is 0 Å². The lowest BCUT2D eigenvalue weighted by Gasteiger charge is -2.19. The topological polar surface area (TPSA) is 82.1 Å². The Morgan fingerprint density at radius 3 is 2.62 bits per heavy atom. The largest absolute Gasteiger partial charge is 0.490 e. The number of halogens is 1. The first kappa shape index (κ1) is 22.8. The van der Waals surface area contributed by atoms with Crippen LogP contribution in [0.4, 0.5) is 4.79 Å². The van der Waals surface area contributed by atoms with Crippen molar-refractivity contribution in [3.8, 4) is 11.5 Å². The zero-order valence-corrected chi connectivity index (χ0v) is 18.0. The number of hydrogen-bond acceptors (Lipinski definition) is 7. The minimum atomic E-state index is -1.01. The number of carbonyl (C=O) groups is 3. The monoisotopic (exact) mass is 439 g/mol. The number of thioether (sulfide) groups is 1. The molecule has 0 saturated carbocycles. The van der Waals surface area contributed by atoms with Crippen LogP contribution in [0.1, 0.15) is 26.3 Å². The summed E-state index contributed by atoms with van der Waals surface area (Å²) in [6.07, 6.45) is 3.11. The summed E-state index contributed by atoms with van der Waals surface area (Å²) in [5.74, 6) is -0.426. The second-order valence-corrected chi connectivity index (χ2v) is 7.24. The van der Waals surface area contributed by atoms with Crippen molar-refractivity contribution in [2.24, 2.45) is 0 Å². The average Bonchev–Trinajstić information content (AvgIpc) is 2.94. The molecule has 1 aromatic carbocycles. The Labute approximate surface area is 178 Å². The molecule has 0 N–H and O–H groups in total. The number of imide groups is 1. The molecule has 0 radical (unpaired) electrons. The maximum absolute atomic E-state index is 12.7. The van der Waals surface area contributed by atoms with Crippen molar-refractivity contribution in [2.45, 2.75) is 26.8 Å². The van der Waals surface area contributed by atoms with Gasteiger partial charge in [0.15, 0.2) is 11.5 Å². The van der Waals surface area contributed by atoms with E-state index in [4.69, 9.17) is 25.8 Å². The fraction of sp³-hybridized carbons (Fsp3) is 0.350. The molecule has 1 fully saturated rings. The maximum atomic E-state index is 12.7. The van der Waals surface area contributed by atoms with E-state index >= 15 is 0 Å². The number of amides is 2. The third kappa shape index (κ3) is 5.33. The van der Waals surface area contributed by atoms with E-state index in [1.807, 2.05) is 6.92 Å². The zero-order valence-electron chi connectivity index (χ0n) is 16.4. The molecule has 1 aromatic rings. The van der Waals surface area contributed by atoms with Crippen LogP contribution in [-0.4, -0.2) is 47.9 Å². The molecule has 156 valence electrons. The fourth-order valence-electron chi connectivity index (χ4n) is 2.55. The number of ether oxygens (including phenoxy) is 3. The molecule has 0 unspecified atom stereocenters. The van der Waals surface area contributed by atoms with Gasteiger partial charge < -0.3 is 14.2 Å². The highest BCUT2D eigenvalue weighted by Crippen LogP contribution is 2.39. The van der Waals surface area contributed by atoms with Gasteiger partial charge in [-0.2, -0.15) is 0 Å². The Morgan fingerprint density at radius 2 is 2.00 bits per heavy atom. The van der Waals surface area contributed by atoms with Gasteiger partial charge in [-0.15, -0.1) is 0 Å². The lowest BCUT2D eigenvalue weighted by Crippen LogP contribution is -2.42. The second-order valence-electron chi connectivity index (χ2n) is 5.84. The third-order valence-corrected chi connectivity index (χ3v) is 4.98. The average molecular weight is 440 g/mol. The summed E-state index contributed by atoms with van der Waals surface area (Å²) in [6.45, 7) is 9.33. The number of esters is 1. The summed E-state index contributed by atoms with van der Waals surface area (Å²) in [5.41, 5.74) is 0.554. The van der Waals surface area contributed by atoms with Crippen LogP contribution in [-0.2, 0) is 14.3 Å². The number of carbonyl (C=O) groups excluding carboxylic acids is 3. The Balaban J connectivity index is 2.34. The molecule has 0 aromatic heterocycles. The molecule has 1 aliphatic heterocycles. The zero-order chi connectivity index (χ0) is 21.6. The van der Waals surface area contributed by atoms with Crippen LogP contribution < -0.4 is 9.47 Å². The van der Waals surface area contributed by atoms with Crippen molar-refractivity contribution in [3.05, 3.63) is 40.3 Å². The number of nitrogens with zero attached hydrogens (tertiary/aromatic N) is 1. The van der Waals surface area contributed by atoms with Gasteiger partial charge in [-0.25, -0.2) is 4.79 Å². The standard InChI is InChI=1S/C20H22ClNO6S/c1-5-8-28-17-14(21)9-13(10-15(17)26-6-2)11-16-18(23)22(20(25)29-16)12(4)19(24)27-7-3/h5,9-12H,1,6-8H2,2-4H3/b16-11-/t12-/m1/s1. The van der Waals surface area contributed by atoms with Crippen LogP contribution in [0.3, 0.4) is 0 Å². The summed E-state index contributed by atoms with van der Waals surface area (Å²) in [7, 11) is 0. The summed E-state index contributed by atoms with van der Waals surface area (Å²) < 4.78 is 16.0. The Kier molecular flexibility index (Phi) is 8.16. The van der Waals surface area contributed by atoms with Crippen LogP contribution in [0.5, 0.6) is 11.5 Å². The van der Waals surface area contributed by atoms with Crippen LogP contribution in [0.15, 0.2) is 29.7 Å². The predicted octanol–water partition coefficient (Wildman–Crippen LogP) is 4.29. The molecule has 1 atom stereocenters. The molecule has 29 heavy (non-hydrogen) atoms. The molecule has 1 saturated heterocycles. The van der Waals surface area contributed by atoms with E-state index in [2.05, 4.69) is 6.58 Å². The molecule has 9 heteroatoms. The Morgan fingerprint density at radius 1 is 1.28 bits per heavy atom. The van der Waals surface area contributed by atoms with Crippen LogP contribution in [0, 0.1) is 0 Å². The first-order valence-electron chi connectivity index (χ1n) is 8.97. The van der Waals surface area contributed by atoms with E-state index in [-0.39, 0.29) is 18.1 Å². The van der Waals surface area contributed by atoms with Gasteiger partial charge in [0.1, 0.15) is 12.6 Å². The van der Waals surface area contributed by atoms with Crippen LogP contribution >= 0.6 is 23.4 Å². The van der Waals surface area contributed by atoms with E-state index < -0.39 is 23.2 Å². The second kappa shape index (κ2) is 10.4. The number of rotatable bonds is 9. The minimum Gasteiger partial charge on any atom is -0.490 e. The summed E-state index contributed by atoms with van der Waals surface area (Å²) >= 11 is 7.06. The van der Waals surface area contributed by atoms with E-state index in [9.17, 15) is 14.4 Å². The van der Waals surface area contributed by atoms with E-state index in [0.717, 1.165) is 16.7 Å². The van der Waals surface area contributed by atoms with E-state index in [1.165, 1.54) is 13.0 Å². The van der Waals surface area contributed by atoms with E-state index in [1.54, 1.807) is 25.1 Å². The highest BCUT2D eigenvalue weighted by Gasteiger charge is 2.41. The quantitative estimate of drug-likeness (QED) is 0.322. The molecule has 0 aliphatic carbocycles. The third-order valence-electron chi connectivity index (χ3n) is 3.81. The van der Waals surface area contributed by atoms with Crippen molar-refractivity contribution in [3.63, 3.8) is 0 Å². The van der Waals surface area contributed by atoms with Crippen molar-refractivity contribution in [1.82, 2.24) is 4.90 Å². The normalized spacial score (nSPS) is 16.1. The number of hydrogen-bond donors (Lipinski definition) is 0. The van der Waals surface area contributed by atoms with Gasteiger partial charge in [-0.05, 0) is 56.3 Å². The molecule has 1 heterocycles. The Hall–Kier alpha value is -2.45. The van der Waals surface area contributed by atoms with Gasteiger partial charge in [0.2, 0.25) is 0 Å². The van der Waals surface area contributed by atoms with Crippen molar-refractivity contribution >= 4 is 46.6 Å². The fourth-order valence-corrected chi connectivity index (χ4v) is 3.73. The van der Waals surface area contributed by atoms with Gasteiger partial charge >= 0.3 is 5.97 Å². The molecule has 7 nitrogen and oxygen atoms in total. The minimum absolute atomic E-state index is 0.161. The van der Waals surface area contributed by atoms with Gasteiger partial charge in [0.25, 0.3) is 11.1 Å². The lowest BCUT2D eigenvalue weighted by atomic mass is 10.1. The maximum Gasteiger partial charge on any atom is 0.329 e. The van der Waals surface area contributed by atoms with Gasteiger partial charge in [0, 0.05) is 0 Å². The first-order valence-corrected chi connectivity index (χ1v) is 10.2. The molecule has 2 amide bonds. The van der Waals surface area contributed by atoms with Crippen molar-refractivity contribution in [2.75, 3.05) is 19.8 Å². The summed E-state index contributed by atoms with van der Waals surface area (Å²) in [6, 6.07) is 2.26. The molecule has 0 bridgehead atoms. The van der Waals surface area contributed by atoms with Gasteiger partial charge in [0.05, 0.1) is 23.1 Å². The van der Waals surface area contributed by atoms with Crippen molar-refractivity contribution < 1.29 is 28.6 Å². The van der Waals surface area contributed by atoms with Crippen LogP contribution in [0.25, 0.3) is 6.08 Å². The highest BCUT2D eigenvalue weighted by molar-refractivity contribution is 8.18. The molecule has 1 aliphatic rings. The smallest absolute Gasteiger partial charge is 0.329 e. The summed E-state index contributed by atoms with van der Waals surface area (Å²) in [4.78, 5) is 37.9.